The number of hydrogen-bond donors (Lipinski definition) is 1. The predicted octanol–water partition coefficient (Wildman–Crippen LogP) is 4.33. The van der Waals surface area contributed by atoms with Gasteiger partial charge < -0.3 is 14.4 Å². The Labute approximate surface area is 191 Å². The number of para-hydroxylation sites is 2. The molecule has 5 heteroatoms. The zero-order valence-corrected chi connectivity index (χ0v) is 19.5. The second-order valence-corrected chi connectivity index (χ2v) is 9.89. The summed E-state index contributed by atoms with van der Waals surface area (Å²) in [6.45, 7) is 11.3. The summed E-state index contributed by atoms with van der Waals surface area (Å²) < 4.78 is 6.26. The molecule has 3 heterocycles. The summed E-state index contributed by atoms with van der Waals surface area (Å²) in [4.78, 5) is 7.87. The molecule has 0 spiro atoms. The van der Waals surface area contributed by atoms with Crippen molar-refractivity contribution in [1.82, 2.24) is 14.7 Å². The Kier molecular flexibility index (Phi) is 6.51. The van der Waals surface area contributed by atoms with E-state index in [2.05, 4.69) is 64.9 Å². The molecule has 32 heavy (non-hydrogen) atoms. The number of hydrogen-bond acceptors (Lipinski definition) is 5. The maximum atomic E-state index is 9.78. The molecule has 5 rings (SSSR count). The lowest BCUT2D eigenvalue weighted by atomic mass is 9.97. The van der Waals surface area contributed by atoms with E-state index in [9.17, 15) is 5.11 Å². The maximum absolute atomic E-state index is 9.78. The lowest BCUT2D eigenvalue weighted by molar-refractivity contribution is 0.0000142. The van der Waals surface area contributed by atoms with Crippen LogP contribution in [-0.4, -0.2) is 77.3 Å². The number of likely N-dealkylation sites (tertiary alicyclic amines) is 1. The van der Waals surface area contributed by atoms with Crippen LogP contribution in [0, 0.1) is 0 Å². The zero-order chi connectivity index (χ0) is 22.1. The van der Waals surface area contributed by atoms with Crippen molar-refractivity contribution >= 4 is 21.9 Å². The lowest BCUT2D eigenvalue weighted by Gasteiger charge is -2.48. The van der Waals surface area contributed by atoms with Crippen LogP contribution in [0.15, 0.2) is 46.9 Å². The first-order chi connectivity index (χ1) is 15.6. The molecule has 0 radical (unpaired) electrons. The Hall–Kier alpha value is -1.92. The van der Waals surface area contributed by atoms with Gasteiger partial charge in [0.1, 0.15) is 11.2 Å². The van der Waals surface area contributed by atoms with Crippen molar-refractivity contribution in [3.05, 3.63) is 48.0 Å². The van der Waals surface area contributed by atoms with Crippen molar-refractivity contribution < 1.29 is 9.52 Å². The molecule has 1 unspecified atom stereocenters. The smallest absolute Gasteiger partial charge is 0.139 e. The Morgan fingerprint density at radius 3 is 2.53 bits per heavy atom. The van der Waals surface area contributed by atoms with Gasteiger partial charge in [0.2, 0.25) is 0 Å². The highest BCUT2D eigenvalue weighted by atomic mass is 16.3. The lowest BCUT2D eigenvalue weighted by Crippen LogP contribution is -2.58. The van der Waals surface area contributed by atoms with Crippen LogP contribution in [0.4, 0.5) is 0 Å². The first-order valence-corrected chi connectivity index (χ1v) is 12.4. The molecule has 2 aliphatic rings. The van der Waals surface area contributed by atoms with Crippen molar-refractivity contribution in [3.8, 4) is 0 Å². The highest BCUT2D eigenvalue weighted by Crippen LogP contribution is 2.32. The fourth-order valence-electron chi connectivity index (χ4n) is 5.87. The van der Waals surface area contributed by atoms with E-state index in [0.29, 0.717) is 18.1 Å². The summed E-state index contributed by atoms with van der Waals surface area (Å²) in [6.07, 6.45) is 3.35. The van der Waals surface area contributed by atoms with Crippen LogP contribution in [0.3, 0.4) is 0 Å². The van der Waals surface area contributed by atoms with Crippen LogP contribution < -0.4 is 0 Å². The van der Waals surface area contributed by atoms with Gasteiger partial charge in [-0.25, -0.2) is 0 Å². The Morgan fingerprint density at radius 1 is 0.969 bits per heavy atom. The number of nitrogens with zero attached hydrogens (tertiary/aromatic N) is 3. The van der Waals surface area contributed by atoms with E-state index < -0.39 is 0 Å². The molecule has 1 N–H and O–H groups in total. The zero-order valence-electron chi connectivity index (χ0n) is 19.5. The van der Waals surface area contributed by atoms with Crippen LogP contribution in [0.2, 0.25) is 0 Å². The summed E-state index contributed by atoms with van der Waals surface area (Å²) in [5, 5.41) is 12.2. The summed E-state index contributed by atoms with van der Waals surface area (Å²) in [6, 6.07) is 16.6. The molecule has 2 aromatic carbocycles. The van der Waals surface area contributed by atoms with E-state index in [1.54, 1.807) is 0 Å². The van der Waals surface area contributed by atoms with Crippen LogP contribution in [0.1, 0.15) is 38.7 Å². The Bertz CT molecular complexity index is 1040. The summed E-state index contributed by atoms with van der Waals surface area (Å²) in [5.74, 6) is 0. The molecule has 5 nitrogen and oxygen atoms in total. The van der Waals surface area contributed by atoms with Gasteiger partial charge in [-0.2, -0.15) is 0 Å². The molecule has 2 aliphatic heterocycles. The van der Waals surface area contributed by atoms with Crippen molar-refractivity contribution in [2.75, 3.05) is 39.3 Å². The van der Waals surface area contributed by atoms with E-state index in [4.69, 9.17) is 4.42 Å². The van der Waals surface area contributed by atoms with Gasteiger partial charge in [-0.1, -0.05) is 36.4 Å². The predicted molar refractivity (Wildman–Crippen MR) is 131 cm³/mol. The highest BCUT2D eigenvalue weighted by Gasteiger charge is 2.34. The maximum Gasteiger partial charge on any atom is 0.139 e. The van der Waals surface area contributed by atoms with Gasteiger partial charge in [0.15, 0.2) is 0 Å². The molecular weight excluding hydrogens is 398 g/mol. The standard InChI is InChI=1S/C27H37N3O2/c1-20(2)29-13-10-22(11-14-29)30-16-15-28(19-23(30)12-17-31)18-21-6-5-8-25-24-7-3-4-9-26(24)32-27(21)25/h3-9,20,22-23,31H,10-19H2,1-2H3. The molecular formula is C27H37N3O2. The number of piperazine rings is 1. The average molecular weight is 436 g/mol. The third kappa shape index (κ3) is 4.32. The number of rotatable bonds is 6. The van der Waals surface area contributed by atoms with Gasteiger partial charge in [0.25, 0.3) is 0 Å². The minimum absolute atomic E-state index is 0.263. The monoisotopic (exact) mass is 435 g/mol. The third-order valence-electron chi connectivity index (χ3n) is 7.65. The van der Waals surface area contributed by atoms with Crippen molar-refractivity contribution in [3.63, 3.8) is 0 Å². The van der Waals surface area contributed by atoms with Crippen molar-refractivity contribution in [1.29, 1.82) is 0 Å². The average Bonchev–Trinajstić information content (AvgIpc) is 3.20. The Morgan fingerprint density at radius 2 is 1.75 bits per heavy atom. The minimum atomic E-state index is 0.263. The second-order valence-electron chi connectivity index (χ2n) is 9.89. The molecule has 3 aromatic rings. The number of fused-ring (bicyclic) bond motifs is 3. The SMILES string of the molecule is CC(C)N1CCC(N2CCN(Cc3cccc4c3oc3ccccc34)CC2CCO)CC1. The molecule has 0 saturated carbocycles. The van der Waals surface area contributed by atoms with Gasteiger partial charge in [-0.15, -0.1) is 0 Å². The third-order valence-corrected chi connectivity index (χ3v) is 7.65. The van der Waals surface area contributed by atoms with Crippen LogP contribution in [0.5, 0.6) is 0 Å². The number of piperidine rings is 1. The fourth-order valence-corrected chi connectivity index (χ4v) is 5.87. The summed E-state index contributed by atoms with van der Waals surface area (Å²) >= 11 is 0. The first kappa shape index (κ1) is 21.9. The summed E-state index contributed by atoms with van der Waals surface area (Å²) in [5.41, 5.74) is 3.25. The molecule has 0 aliphatic carbocycles. The largest absolute Gasteiger partial charge is 0.456 e. The number of benzene rings is 2. The normalized spacial score (nSPS) is 22.4. The molecule has 1 aromatic heterocycles. The second kappa shape index (κ2) is 9.52. The molecule has 172 valence electrons. The number of aliphatic hydroxyl groups excluding tert-OH is 1. The number of furan rings is 1. The molecule has 0 bridgehead atoms. The Balaban J connectivity index is 1.30. The van der Waals surface area contributed by atoms with E-state index in [0.717, 1.165) is 43.8 Å². The van der Waals surface area contributed by atoms with Crippen LogP contribution >= 0.6 is 0 Å². The van der Waals surface area contributed by atoms with Gasteiger partial charge in [0.05, 0.1) is 0 Å². The van der Waals surface area contributed by atoms with Crippen molar-refractivity contribution in [2.45, 2.75) is 57.8 Å². The minimum Gasteiger partial charge on any atom is -0.456 e. The number of aliphatic hydroxyl groups is 1. The molecule has 2 saturated heterocycles. The first-order valence-electron chi connectivity index (χ1n) is 12.4. The van der Waals surface area contributed by atoms with Crippen molar-refractivity contribution in [2.24, 2.45) is 0 Å². The molecule has 1 atom stereocenters. The summed E-state index contributed by atoms with van der Waals surface area (Å²) in [7, 11) is 0. The van der Waals surface area contributed by atoms with Crippen LogP contribution in [-0.2, 0) is 6.54 Å². The quantitative estimate of drug-likeness (QED) is 0.624. The highest BCUT2D eigenvalue weighted by molar-refractivity contribution is 6.05. The van der Waals surface area contributed by atoms with E-state index in [1.807, 2.05) is 6.07 Å². The van der Waals surface area contributed by atoms with Gasteiger partial charge in [-0.05, 0) is 52.3 Å². The van der Waals surface area contributed by atoms with E-state index >= 15 is 0 Å². The molecule has 2 fully saturated rings. The topological polar surface area (TPSA) is 43.1 Å². The van der Waals surface area contributed by atoms with E-state index in [-0.39, 0.29) is 6.61 Å². The van der Waals surface area contributed by atoms with Crippen LogP contribution in [0.25, 0.3) is 21.9 Å². The van der Waals surface area contributed by atoms with E-state index in [1.165, 1.54) is 42.3 Å². The van der Waals surface area contributed by atoms with Gasteiger partial charge >= 0.3 is 0 Å². The fraction of sp³-hybridized carbons (Fsp3) is 0.556. The molecule has 0 amide bonds. The van der Waals surface area contributed by atoms with Gasteiger partial charge in [0, 0.05) is 67.2 Å². The van der Waals surface area contributed by atoms with Gasteiger partial charge in [-0.3, -0.25) is 9.80 Å².